The highest BCUT2D eigenvalue weighted by Crippen LogP contribution is 2.32. The minimum atomic E-state index is 0.530. The number of aryl methyl sites for hydroxylation is 2. The highest BCUT2D eigenvalue weighted by molar-refractivity contribution is 5.73. The maximum absolute atomic E-state index is 5.72. The molecule has 0 fully saturated rings. The van der Waals surface area contributed by atoms with Crippen LogP contribution in [0.2, 0.25) is 0 Å². The van der Waals surface area contributed by atoms with Crippen molar-refractivity contribution in [2.45, 2.75) is 13.8 Å². The zero-order valence-corrected chi connectivity index (χ0v) is 10.9. The third-order valence-corrected chi connectivity index (χ3v) is 2.93. The molecule has 2 rings (SSSR count). The highest BCUT2D eigenvalue weighted by atomic mass is 16.5. The summed E-state index contributed by atoms with van der Waals surface area (Å²) in [6, 6.07) is 14.6. The molecule has 92 valence electrons. The Hall–Kier alpha value is -2.02. The van der Waals surface area contributed by atoms with Gasteiger partial charge in [-0.25, -0.2) is 0 Å². The largest absolute Gasteiger partial charge is 0.489 e. The summed E-state index contributed by atoms with van der Waals surface area (Å²) in [4.78, 5) is 0. The van der Waals surface area contributed by atoms with Crippen molar-refractivity contribution in [3.63, 3.8) is 0 Å². The molecule has 0 aliphatic heterocycles. The molecule has 2 aromatic rings. The van der Waals surface area contributed by atoms with Gasteiger partial charge < -0.3 is 4.74 Å². The fourth-order valence-corrected chi connectivity index (χ4v) is 1.99. The second-order valence-corrected chi connectivity index (χ2v) is 4.41. The summed E-state index contributed by atoms with van der Waals surface area (Å²) >= 11 is 0. The minimum Gasteiger partial charge on any atom is -0.489 e. The summed E-state index contributed by atoms with van der Waals surface area (Å²) < 4.78 is 5.72. The molecule has 0 aliphatic carbocycles. The monoisotopic (exact) mass is 238 g/mol. The molecule has 0 saturated heterocycles. The first-order valence-corrected chi connectivity index (χ1v) is 6.12. The SMILES string of the molecule is C=CCOc1ccccc1-c1cc(C)ccc1C. The smallest absolute Gasteiger partial charge is 0.127 e. The van der Waals surface area contributed by atoms with Crippen LogP contribution >= 0.6 is 0 Å². The third-order valence-electron chi connectivity index (χ3n) is 2.93. The molecule has 0 radical (unpaired) electrons. The maximum atomic E-state index is 5.72. The van der Waals surface area contributed by atoms with E-state index in [1.807, 2.05) is 18.2 Å². The van der Waals surface area contributed by atoms with Crippen molar-refractivity contribution in [1.29, 1.82) is 0 Å². The standard InChI is InChI=1S/C17H18O/c1-4-11-18-17-8-6-5-7-15(17)16-12-13(2)9-10-14(16)3/h4-10,12H,1,11H2,2-3H3. The van der Waals surface area contributed by atoms with Gasteiger partial charge in [0.1, 0.15) is 12.4 Å². The summed E-state index contributed by atoms with van der Waals surface area (Å²) in [5.41, 5.74) is 4.89. The van der Waals surface area contributed by atoms with Gasteiger partial charge in [0.15, 0.2) is 0 Å². The Balaban J connectivity index is 2.49. The second-order valence-electron chi connectivity index (χ2n) is 4.41. The fourth-order valence-electron chi connectivity index (χ4n) is 1.99. The van der Waals surface area contributed by atoms with Crippen LogP contribution < -0.4 is 4.74 Å². The minimum absolute atomic E-state index is 0.530. The lowest BCUT2D eigenvalue weighted by molar-refractivity contribution is 0.364. The Kier molecular flexibility index (Phi) is 3.83. The van der Waals surface area contributed by atoms with Gasteiger partial charge in [-0.2, -0.15) is 0 Å². The number of hydrogen-bond donors (Lipinski definition) is 0. The summed E-state index contributed by atoms with van der Waals surface area (Å²) in [6.07, 6.45) is 1.76. The molecule has 0 unspecified atom stereocenters. The highest BCUT2D eigenvalue weighted by Gasteiger charge is 2.08. The Morgan fingerprint density at radius 2 is 1.83 bits per heavy atom. The molecule has 0 amide bonds. The van der Waals surface area contributed by atoms with Crippen LogP contribution in [0.25, 0.3) is 11.1 Å². The molecule has 1 heteroatoms. The van der Waals surface area contributed by atoms with Crippen LogP contribution in [0.4, 0.5) is 0 Å². The fraction of sp³-hybridized carbons (Fsp3) is 0.176. The van der Waals surface area contributed by atoms with Crippen molar-refractivity contribution in [2.24, 2.45) is 0 Å². The van der Waals surface area contributed by atoms with Crippen LogP contribution in [-0.2, 0) is 0 Å². The van der Waals surface area contributed by atoms with Crippen molar-refractivity contribution in [3.8, 4) is 16.9 Å². The molecule has 0 N–H and O–H groups in total. The molecule has 0 bridgehead atoms. The van der Waals surface area contributed by atoms with Crippen LogP contribution in [0.5, 0.6) is 5.75 Å². The van der Waals surface area contributed by atoms with Gasteiger partial charge in [-0.3, -0.25) is 0 Å². The van der Waals surface area contributed by atoms with Crippen molar-refractivity contribution >= 4 is 0 Å². The van der Waals surface area contributed by atoms with Crippen molar-refractivity contribution in [2.75, 3.05) is 6.61 Å². The van der Waals surface area contributed by atoms with Crippen molar-refractivity contribution in [1.82, 2.24) is 0 Å². The molecule has 0 spiro atoms. The van der Waals surface area contributed by atoms with Crippen LogP contribution in [0.15, 0.2) is 55.1 Å². The number of para-hydroxylation sites is 1. The Morgan fingerprint density at radius 1 is 1.06 bits per heavy atom. The van der Waals surface area contributed by atoms with Gasteiger partial charge in [-0.1, -0.05) is 54.6 Å². The van der Waals surface area contributed by atoms with E-state index >= 15 is 0 Å². The molecule has 0 aromatic heterocycles. The third kappa shape index (κ3) is 2.62. The zero-order chi connectivity index (χ0) is 13.0. The first kappa shape index (κ1) is 12.4. The van der Waals surface area contributed by atoms with E-state index in [4.69, 9.17) is 4.74 Å². The molecule has 0 saturated carbocycles. The lowest BCUT2D eigenvalue weighted by Gasteiger charge is -2.13. The van der Waals surface area contributed by atoms with Gasteiger partial charge in [-0.15, -0.1) is 0 Å². The summed E-state index contributed by atoms with van der Waals surface area (Å²) in [5, 5.41) is 0. The second kappa shape index (κ2) is 5.54. The van der Waals surface area contributed by atoms with E-state index in [-0.39, 0.29) is 0 Å². The predicted molar refractivity (Wildman–Crippen MR) is 77.0 cm³/mol. The van der Waals surface area contributed by atoms with Gasteiger partial charge in [-0.05, 0) is 31.0 Å². The normalized spacial score (nSPS) is 10.1. The average Bonchev–Trinajstić information content (AvgIpc) is 2.39. The number of ether oxygens (including phenoxy) is 1. The Morgan fingerprint density at radius 3 is 2.61 bits per heavy atom. The molecule has 0 aliphatic rings. The number of benzene rings is 2. The molecular weight excluding hydrogens is 220 g/mol. The number of rotatable bonds is 4. The van der Waals surface area contributed by atoms with Gasteiger partial charge in [0, 0.05) is 5.56 Å². The van der Waals surface area contributed by atoms with E-state index in [1.54, 1.807) is 6.08 Å². The van der Waals surface area contributed by atoms with E-state index in [0.29, 0.717) is 6.61 Å². The van der Waals surface area contributed by atoms with Crippen molar-refractivity contribution in [3.05, 3.63) is 66.2 Å². The first-order valence-electron chi connectivity index (χ1n) is 6.12. The summed E-state index contributed by atoms with van der Waals surface area (Å²) in [6.45, 7) is 8.45. The molecule has 0 atom stereocenters. The molecule has 18 heavy (non-hydrogen) atoms. The quantitative estimate of drug-likeness (QED) is 0.711. The predicted octanol–water partition coefficient (Wildman–Crippen LogP) is 4.54. The lowest BCUT2D eigenvalue weighted by atomic mass is 9.98. The van der Waals surface area contributed by atoms with E-state index in [9.17, 15) is 0 Å². The molecule has 2 aromatic carbocycles. The van der Waals surface area contributed by atoms with Gasteiger partial charge in [0.2, 0.25) is 0 Å². The number of hydrogen-bond acceptors (Lipinski definition) is 1. The van der Waals surface area contributed by atoms with Gasteiger partial charge in [0.25, 0.3) is 0 Å². The summed E-state index contributed by atoms with van der Waals surface area (Å²) in [5.74, 6) is 0.908. The van der Waals surface area contributed by atoms with Gasteiger partial charge in [0.05, 0.1) is 0 Å². The van der Waals surface area contributed by atoms with E-state index in [2.05, 4.69) is 44.7 Å². The molecule has 1 nitrogen and oxygen atoms in total. The van der Waals surface area contributed by atoms with Crippen LogP contribution in [0, 0.1) is 13.8 Å². The Bertz CT molecular complexity index is 555. The summed E-state index contributed by atoms with van der Waals surface area (Å²) in [7, 11) is 0. The topological polar surface area (TPSA) is 9.23 Å². The van der Waals surface area contributed by atoms with Crippen LogP contribution in [-0.4, -0.2) is 6.61 Å². The zero-order valence-electron chi connectivity index (χ0n) is 10.9. The Labute approximate surface area is 109 Å². The first-order chi connectivity index (χ1) is 8.72. The molecule has 0 heterocycles. The van der Waals surface area contributed by atoms with E-state index in [0.717, 1.165) is 11.3 Å². The lowest BCUT2D eigenvalue weighted by Crippen LogP contribution is -1.96. The van der Waals surface area contributed by atoms with Crippen LogP contribution in [0.3, 0.4) is 0 Å². The van der Waals surface area contributed by atoms with Gasteiger partial charge >= 0.3 is 0 Å². The van der Waals surface area contributed by atoms with E-state index < -0.39 is 0 Å². The maximum Gasteiger partial charge on any atom is 0.127 e. The average molecular weight is 238 g/mol. The molecular formula is C17H18O. The van der Waals surface area contributed by atoms with E-state index in [1.165, 1.54) is 16.7 Å². The van der Waals surface area contributed by atoms with Crippen LogP contribution in [0.1, 0.15) is 11.1 Å². The van der Waals surface area contributed by atoms with Crippen molar-refractivity contribution < 1.29 is 4.74 Å².